The summed E-state index contributed by atoms with van der Waals surface area (Å²) in [5.41, 5.74) is 6.14. The van der Waals surface area contributed by atoms with Crippen LogP contribution in [0.2, 0.25) is 0 Å². The van der Waals surface area contributed by atoms with Crippen molar-refractivity contribution in [2.24, 2.45) is 10.1 Å². The molecule has 0 aromatic carbocycles. The van der Waals surface area contributed by atoms with Crippen LogP contribution in [0.25, 0.3) is 0 Å². The van der Waals surface area contributed by atoms with Gasteiger partial charge in [0.1, 0.15) is 34.6 Å². The molecule has 3 N–H and O–H groups in total. The van der Waals surface area contributed by atoms with Gasteiger partial charge in [-0.3, -0.25) is 14.7 Å². The van der Waals surface area contributed by atoms with E-state index in [4.69, 9.17) is 10.6 Å². The van der Waals surface area contributed by atoms with Gasteiger partial charge in [0.25, 0.3) is 5.91 Å². The predicted octanol–water partition coefficient (Wildman–Crippen LogP) is -2.59. The zero-order valence-corrected chi connectivity index (χ0v) is 23.4. The number of nitrogen functional groups attached to an aromatic ring is 1. The Kier molecular flexibility index (Phi) is 8.99. The minimum absolute atomic E-state index is 0. The summed E-state index contributed by atoms with van der Waals surface area (Å²) in [7, 11) is 1.27. The van der Waals surface area contributed by atoms with E-state index in [9.17, 15) is 19.8 Å². The van der Waals surface area contributed by atoms with Crippen LogP contribution in [0, 0.1) is 6.92 Å². The molecule has 12 nitrogen and oxygen atoms in total. The fraction of sp³-hybridized carbons (Fsp3) is 0.353. The molecule has 2 aliphatic heterocycles. The van der Waals surface area contributed by atoms with E-state index < -0.39 is 29.2 Å². The van der Waals surface area contributed by atoms with Crippen LogP contribution in [0.4, 0.5) is 5.13 Å². The van der Waals surface area contributed by atoms with Crippen LogP contribution < -0.4 is 40.4 Å². The third kappa shape index (κ3) is 5.42. The van der Waals surface area contributed by atoms with Gasteiger partial charge in [0.2, 0.25) is 0 Å². The molecule has 0 aliphatic carbocycles. The number of carboxylic acid groups (broad SMARTS) is 1. The molecule has 0 unspecified atom stereocenters. The molecule has 174 valence electrons. The summed E-state index contributed by atoms with van der Waals surface area (Å²) in [5, 5.41) is 36.1. The molecule has 1 amide bonds. The first-order valence-electron chi connectivity index (χ1n) is 9.20. The van der Waals surface area contributed by atoms with Crippen molar-refractivity contribution in [1.82, 2.24) is 20.1 Å². The van der Waals surface area contributed by atoms with E-state index in [2.05, 4.69) is 25.3 Å². The summed E-state index contributed by atoms with van der Waals surface area (Å²) >= 11 is 5.25. The van der Waals surface area contributed by atoms with Crippen molar-refractivity contribution >= 4 is 74.8 Å². The van der Waals surface area contributed by atoms with Crippen LogP contribution in [-0.4, -0.2) is 78.7 Å². The Morgan fingerprint density at radius 2 is 2.24 bits per heavy atom. The van der Waals surface area contributed by atoms with Crippen molar-refractivity contribution in [2.45, 2.75) is 22.7 Å². The largest absolute Gasteiger partial charge is 1.00 e. The van der Waals surface area contributed by atoms with E-state index in [-0.39, 0.29) is 51.8 Å². The van der Waals surface area contributed by atoms with Crippen LogP contribution in [-0.2, 0) is 14.4 Å². The normalized spacial score (nSPS) is 20.5. The van der Waals surface area contributed by atoms with Gasteiger partial charge in [-0.25, -0.2) is 9.78 Å². The monoisotopic (exact) mass is 549 g/mol. The fourth-order valence-corrected chi connectivity index (χ4v) is 6.95. The number of hydrogen-bond acceptors (Lipinski definition) is 14. The van der Waals surface area contributed by atoms with Crippen molar-refractivity contribution < 1.29 is 54.2 Å². The van der Waals surface area contributed by atoms with Crippen LogP contribution in [0.5, 0.6) is 0 Å². The summed E-state index contributed by atoms with van der Waals surface area (Å²) in [6, 6.07) is -1.03. The number of aliphatic imine (C=N–C) groups is 1. The number of nitrogens with two attached hydrogens (primary N) is 1. The van der Waals surface area contributed by atoms with Gasteiger partial charge in [-0.05, 0) is 12.5 Å². The zero-order valence-electron chi connectivity index (χ0n) is 18.1. The predicted molar refractivity (Wildman–Crippen MR) is 124 cm³/mol. The van der Waals surface area contributed by atoms with Crippen LogP contribution in [0.3, 0.4) is 0 Å². The molecule has 0 saturated carbocycles. The Bertz CT molecular complexity index is 1200. The topological polar surface area (TPSA) is 179 Å². The minimum Gasteiger partial charge on any atom is -0.857 e. The number of rotatable bonds is 8. The molecule has 2 atom stereocenters. The Morgan fingerprint density at radius 3 is 2.82 bits per heavy atom. The molecule has 2 aliphatic rings. The van der Waals surface area contributed by atoms with Crippen LogP contribution >= 0.6 is 46.2 Å². The van der Waals surface area contributed by atoms with Gasteiger partial charge in [0.05, 0.1) is 0 Å². The van der Waals surface area contributed by atoms with E-state index in [0.717, 1.165) is 20.7 Å². The van der Waals surface area contributed by atoms with E-state index in [1.54, 1.807) is 0 Å². The number of aromatic nitrogens is 3. The number of hydrogen-bond donors (Lipinski definition) is 2. The molecular formula is C17H16N7NaO5S4. The average molecular weight is 550 g/mol. The number of amides is 1. The average Bonchev–Trinajstić information content (AvgIpc) is 3.40. The van der Waals surface area contributed by atoms with Crippen molar-refractivity contribution in [3.8, 4) is 0 Å². The SMILES string of the molecule is CO/N=C(/C([O-])=N[C@@H]1C(=O)N2C(C(=O)O)=C(CSc3nnc(C)s3)CS[C@H]12)c1csc(N)n1.[Na+]. The molecule has 0 spiro atoms. The molecule has 34 heavy (non-hydrogen) atoms. The number of oxime groups is 1. The van der Waals surface area contributed by atoms with Gasteiger partial charge in [-0.15, -0.1) is 33.3 Å². The number of thiazole rings is 1. The molecule has 17 heteroatoms. The second-order valence-electron chi connectivity index (χ2n) is 6.62. The fourth-order valence-electron chi connectivity index (χ4n) is 3.12. The molecule has 4 heterocycles. The smallest absolute Gasteiger partial charge is 0.857 e. The second kappa shape index (κ2) is 11.4. The quantitative estimate of drug-likeness (QED) is 0.0881. The van der Waals surface area contributed by atoms with E-state index in [1.165, 1.54) is 52.3 Å². The second-order valence-corrected chi connectivity index (χ2v) is 11.0. The molecule has 0 bridgehead atoms. The summed E-state index contributed by atoms with van der Waals surface area (Å²) in [6.45, 7) is 1.83. The maximum Gasteiger partial charge on any atom is 1.00 e. The van der Waals surface area contributed by atoms with E-state index >= 15 is 0 Å². The number of β-lactam (4-membered cyclic amide) rings is 1. The Balaban J connectivity index is 0.00000324. The van der Waals surface area contributed by atoms with Crippen molar-refractivity contribution in [2.75, 3.05) is 24.3 Å². The van der Waals surface area contributed by atoms with Gasteiger partial charge >= 0.3 is 35.5 Å². The molecule has 2 aromatic heterocycles. The Morgan fingerprint density at radius 1 is 1.47 bits per heavy atom. The van der Waals surface area contributed by atoms with Gasteiger partial charge in [-0.2, -0.15) is 0 Å². The van der Waals surface area contributed by atoms with Crippen LogP contribution in [0.1, 0.15) is 10.7 Å². The number of nitrogens with zero attached hydrogens (tertiary/aromatic N) is 6. The summed E-state index contributed by atoms with van der Waals surface area (Å²) in [4.78, 5) is 38.7. The molecule has 4 rings (SSSR count). The summed E-state index contributed by atoms with van der Waals surface area (Å²) < 4.78 is 0.720. The Labute approximate surface area is 232 Å². The number of carboxylic acids is 1. The molecule has 0 radical (unpaired) electrons. The van der Waals surface area contributed by atoms with Gasteiger partial charge in [-0.1, -0.05) is 28.3 Å². The minimum atomic E-state index is -1.21. The van der Waals surface area contributed by atoms with E-state index in [1.807, 2.05) is 6.92 Å². The molecule has 1 fully saturated rings. The third-order valence-electron chi connectivity index (χ3n) is 4.51. The first kappa shape index (κ1) is 26.9. The maximum absolute atomic E-state index is 12.8. The van der Waals surface area contributed by atoms with Crippen molar-refractivity contribution in [1.29, 1.82) is 0 Å². The number of carbonyl (C=O) groups excluding carboxylic acids is 1. The molecular weight excluding hydrogens is 533 g/mol. The maximum atomic E-state index is 12.8. The van der Waals surface area contributed by atoms with Crippen LogP contribution in [0.15, 0.2) is 31.1 Å². The number of anilines is 1. The summed E-state index contributed by atoms with van der Waals surface area (Å²) in [5.74, 6) is -1.84. The standard InChI is InChI=1S/C17H17N7O5S4.Na/c1-6-21-22-17(33-6)32-4-7-3-30-14-10(13(26)24(14)11(7)15(27)28)20-12(25)9(23-29-2)8-5-31-16(18)19-8;/h5,10,14H,3-4H2,1-2H3,(H2,18,19)(H,20,25)(H,27,28);/q;+1/p-1/b23-9+;/t10-,14-;/m1./s1. The van der Waals surface area contributed by atoms with Gasteiger partial charge in [0, 0.05) is 22.8 Å². The summed E-state index contributed by atoms with van der Waals surface area (Å²) in [6.07, 6.45) is 0. The zero-order chi connectivity index (χ0) is 23.7. The van der Waals surface area contributed by atoms with Gasteiger partial charge in [0.15, 0.2) is 15.5 Å². The number of carbonyl (C=O) groups is 2. The van der Waals surface area contributed by atoms with Crippen molar-refractivity contribution in [3.63, 3.8) is 0 Å². The first-order chi connectivity index (χ1) is 15.8. The van der Waals surface area contributed by atoms with Gasteiger partial charge < -0.3 is 20.8 Å². The number of fused-ring (bicyclic) bond motifs is 1. The van der Waals surface area contributed by atoms with Crippen molar-refractivity contribution in [3.05, 3.63) is 27.4 Å². The Hall–Kier alpha value is -1.69. The molecule has 1 saturated heterocycles. The first-order valence-corrected chi connectivity index (χ1v) is 12.9. The number of aryl methyl sites for hydroxylation is 1. The number of aliphatic carboxylic acids is 1. The van der Waals surface area contributed by atoms with E-state index in [0.29, 0.717) is 17.1 Å². The third-order valence-corrected chi connectivity index (χ3v) is 8.56. The number of thioether (sulfide) groups is 2. The molecule has 2 aromatic rings.